The Balaban J connectivity index is 1.33. The van der Waals surface area contributed by atoms with E-state index in [2.05, 4.69) is 27.8 Å². The second kappa shape index (κ2) is 7.04. The van der Waals surface area contributed by atoms with Crippen molar-refractivity contribution in [1.29, 1.82) is 0 Å². The van der Waals surface area contributed by atoms with Gasteiger partial charge in [-0.15, -0.1) is 0 Å². The van der Waals surface area contributed by atoms with Gasteiger partial charge in [-0.1, -0.05) is 6.92 Å². The molecule has 1 aromatic rings. The van der Waals surface area contributed by atoms with E-state index in [1.165, 1.54) is 12.8 Å². The molecule has 1 aromatic heterocycles. The van der Waals surface area contributed by atoms with Gasteiger partial charge in [-0.3, -0.25) is 9.69 Å². The first-order valence-electron chi connectivity index (χ1n) is 8.19. The molecule has 2 fully saturated rings. The lowest BCUT2D eigenvalue weighted by Gasteiger charge is -2.17. The van der Waals surface area contributed by atoms with Gasteiger partial charge in [0.05, 0.1) is 19.4 Å². The van der Waals surface area contributed by atoms with E-state index in [0.29, 0.717) is 18.2 Å². The number of furan rings is 1. The highest BCUT2D eigenvalue weighted by Crippen LogP contribution is 2.31. The fraction of sp³-hybridized carbons (Fsp3) is 0.625. The molecular formula is C16H24N4O3. The first-order valence-corrected chi connectivity index (χ1v) is 8.19. The van der Waals surface area contributed by atoms with Crippen molar-refractivity contribution in [3.05, 3.63) is 24.2 Å². The lowest BCUT2D eigenvalue weighted by atomic mass is 10.1. The zero-order valence-corrected chi connectivity index (χ0v) is 13.4. The summed E-state index contributed by atoms with van der Waals surface area (Å²) >= 11 is 0. The highest BCUT2D eigenvalue weighted by atomic mass is 16.3. The third kappa shape index (κ3) is 4.48. The number of nitrogens with one attached hydrogen (secondary N) is 3. The number of amides is 3. The molecule has 0 radical (unpaired) electrons. The fourth-order valence-electron chi connectivity index (χ4n) is 2.99. The van der Waals surface area contributed by atoms with Crippen LogP contribution in [0.15, 0.2) is 22.8 Å². The molecule has 2 atom stereocenters. The topological polar surface area (TPSA) is 86.6 Å². The molecule has 0 aromatic carbocycles. The van der Waals surface area contributed by atoms with Crippen molar-refractivity contribution < 1.29 is 14.0 Å². The minimum absolute atomic E-state index is 0.0172. The van der Waals surface area contributed by atoms with Gasteiger partial charge in [0, 0.05) is 25.2 Å². The molecule has 7 heteroatoms. The van der Waals surface area contributed by atoms with Crippen LogP contribution in [-0.2, 0) is 11.3 Å². The average molecular weight is 320 g/mol. The maximum absolute atomic E-state index is 12.0. The van der Waals surface area contributed by atoms with Crippen molar-refractivity contribution in [3.63, 3.8) is 0 Å². The summed E-state index contributed by atoms with van der Waals surface area (Å²) in [6.07, 6.45) is 4.12. The number of likely N-dealkylation sites (tertiary alicyclic amines) is 1. The van der Waals surface area contributed by atoms with Gasteiger partial charge in [-0.2, -0.15) is 0 Å². The fourth-order valence-corrected chi connectivity index (χ4v) is 2.99. The van der Waals surface area contributed by atoms with Crippen LogP contribution in [0.5, 0.6) is 0 Å². The van der Waals surface area contributed by atoms with Gasteiger partial charge in [-0.25, -0.2) is 4.79 Å². The average Bonchev–Trinajstić information content (AvgIpc) is 3.13. The Kier molecular flexibility index (Phi) is 4.85. The number of carbonyl (C=O) groups excluding carboxylic acids is 2. The van der Waals surface area contributed by atoms with E-state index in [-0.39, 0.29) is 24.5 Å². The van der Waals surface area contributed by atoms with Crippen LogP contribution < -0.4 is 16.0 Å². The maximum atomic E-state index is 12.0. The normalized spacial score (nSPS) is 24.4. The largest absolute Gasteiger partial charge is 0.467 e. The molecule has 2 heterocycles. The molecule has 1 saturated heterocycles. The second-order valence-electron chi connectivity index (χ2n) is 6.45. The van der Waals surface area contributed by atoms with Gasteiger partial charge in [0.15, 0.2) is 0 Å². The molecular weight excluding hydrogens is 296 g/mol. The van der Waals surface area contributed by atoms with Crippen LogP contribution in [0.2, 0.25) is 0 Å². The molecule has 1 aliphatic carbocycles. The zero-order valence-electron chi connectivity index (χ0n) is 13.4. The molecule has 3 amide bonds. The van der Waals surface area contributed by atoms with Crippen LogP contribution in [0.25, 0.3) is 0 Å². The first kappa shape index (κ1) is 15.9. The van der Waals surface area contributed by atoms with Gasteiger partial charge in [-0.05, 0) is 30.9 Å². The third-order valence-electron chi connectivity index (χ3n) is 4.46. The Bertz CT molecular complexity index is 542. The van der Waals surface area contributed by atoms with Crippen molar-refractivity contribution in [1.82, 2.24) is 20.9 Å². The summed E-state index contributed by atoms with van der Waals surface area (Å²) in [5.41, 5.74) is 0. The van der Waals surface area contributed by atoms with Crippen molar-refractivity contribution in [3.8, 4) is 0 Å². The van der Waals surface area contributed by atoms with Gasteiger partial charge in [0.25, 0.3) is 0 Å². The summed E-state index contributed by atoms with van der Waals surface area (Å²) in [5, 5.41) is 8.23. The summed E-state index contributed by atoms with van der Waals surface area (Å²) in [6.45, 7) is 4.42. The minimum Gasteiger partial charge on any atom is -0.467 e. The Labute approximate surface area is 135 Å². The Morgan fingerprint density at radius 1 is 1.30 bits per heavy atom. The second-order valence-corrected chi connectivity index (χ2v) is 6.45. The Morgan fingerprint density at radius 3 is 2.83 bits per heavy atom. The molecule has 126 valence electrons. The van der Waals surface area contributed by atoms with Crippen LogP contribution in [0.1, 0.15) is 25.5 Å². The molecule has 2 aliphatic rings. The molecule has 3 N–H and O–H groups in total. The van der Waals surface area contributed by atoms with Crippen molar-refractivity contribution in [2.45, 2.75) is 38.4 Å². The zero-order chi connectivity index (χ0) is 16.2. The molecule has 23 heavy (non-hydrogen) atoms. The molecule has 0 spiro atoms. The molecule has 3 rings (SSSR count). The molecule has 1 saturated carbocycles. The van der Waals surface area contributed by atoms with E-state index in [4.69, 9.17) is 4.42 Å². The number of hydrogen-bond donors (Lipinski definition) is 3. The van der Waals surface area contributed by atoms with E-state index in [9.17, 15) is 9.59 Å². The smallest absolute Gasteiger partial charge is 0.315 e. The quantitative estimate of drug-likeness (QED) is 0.719. The van der Waals surface area contributed by atoms with Gasteiger partial charge >= 0.3 is 6.03 Å². The highest BCUT2D eigenvalue weighted by Gasteiger charge is 2.38. The van der Waals surface area contributed by atoms with E-state index < -0.39 is 0 Å². The summed E-state index contributed by atoms with van der Waals surface area (Å²) in [7, 11) is 0. The number of hydrogen-bond acceptors (Lipinski definition) is 4. The van der Waals surface area contributed by atoms with Gasteiger partial charge in [0.2, 0.25) is 5.91 Å². The molecule has 0 unspecified atom stereocenters. The number of carbonyl (C=O) groups is 2. The lowest BCUT2D eigenvalue weighted by Crippen LogP contribution is -2.46. The summed E-state index contributed by atoms with van der Waals surface area (Å²) in [4.78, 5) is 26.1. The number of rotatable bonds is 6. The van der Waals surface area contributed by atoms with E-state index in [1.54, 1.807) is 18.4 Å². The summed E-state index contributed by atoms with van der Waals surface area (Å²) in [5.74, 6) is 0.976. The van der Waals surface area contributed by atoms with Crippen LogP contribution in [0.3, 0.4) is 0 Å². The van der Waals surface area contributed by atoms with Crippen LogP contribution in [0.4, 0.5) is 4.79 Å². The van der Waals surface area contributed by atoms with Crippen molar-refractivity contribution >= 4 is 11.9 Å². The Hall–Kier alpha value is -2.02. The molecule has 0 bridgehead atoms. The number of nitrogens with zero attached hydrogens (tertiary/aromatic N) is 1. The highest BCUT2D eigenvalue weighted by molar-refractivity contribution is 5.84. The SMILES string of the molecule is C[C@H]1CN(C2CC2)C[C@H]1NC(=O)CNC(=O)NCc1ccco1. The van der Waals surface area contributed by atoms with Crippen LogP contribution in [0, 0.1) is 5.92 Å². The maximum Gasteiger partial charge on any atom is 0.315 e. The first-order chi connectivity index (χ1) is 11.1. The van der Waals surface area contributed by atoms with E-state index in [1.807, 2.05) is 0 Å². The predicted octanol–water partition coefficient (Wildman–Crippen LogP) is 0.678. The van der Waals surface area contributed by atoms with E-state index >= 15 is 0 Å². The minimum atomic E-state index is -0.379. The third-order valence-corrected chi connectivity index (χ3v) is 4.46. The predicted molar refractivity (Wildman–Crippen MR) is 84.6 cm³/mol. The standard InChI is InChI=1S/C16H24N4O3/c1-11-9-20(12-4-5-12)10-14(11)19-15(21)8-18-16(22)17-7-13-3-2-6-23-13/h2-3,6,11-12,14H,4-5,7-10H2,1H3,(H,19,21)(H2,17,18,22)/t11-,14+/m0/s1. The van der Waals surface area contributed by atoms with E-state index in [0.717, 1.165) is 19.1 Å². The summed E-state index contributed by atoms with van der Waals surface area (Å²) < 4.78 is 5.12. The van der Waals surface area contributed by atoms with Crippen LogP contribution in [-0.4, -0.2) is 48.6 Å². The molecule has 7 nitrogen and oxygen atoms in total. The van der Waals surface area contributed by atoms with Gasteiger partial charge in [0.1, 0.15) is 5.76 Å². The lowest BCUT2D eigenvalue weighted by molar-refractivity contribution is -0.120. The Morgan fingerprint density at radius 2 is 2.13 bits per heavy atom. The monoisotopic (exact) mass is 320 g/mol. The van der Waals surface area contributed by atoms with Crippen LogP contribution >= 0.6 is 0 Å². The molecule has 1 aliphatic heterocycles. The van der Waals surface area contributed by atoms with Gasteiger partial charge < -0.3 is 20.4 Å². The summed E-state index contributed by atoms with van der Waals surface area (Å²) in [6, 6.07) is 4.06. The van der Waals surface area contributed by atoms with Crippen molar-refractivity contribution in [2.24, 2.45) is 5.92 Å². The van der Waals surface area contributed by atoms with Crippen molar-refractivity contribution in [2.75, 3.05) is 19.6 Å². The number of urea groups is 1.